The second-order valence-corrected chi connectivity index (χ2v) is 11.4. The molecule has 1 aliphatic heterocycles. The summed E-state index contributed by atoms with van der Waals surface area (Å²) in [5.41, 5.74) is 9.67. The van der Waals surface area contributed by atoms with Gasteiger partial charge in [0.05, 0.1) is 6.61 Å². The summed E-state index contributed by atoms with van der Waals surface area (Å²) >= 11 is 0. The molecule has 3 N–H and O–H groups in total. The number of ether oxygens (including phenoxy) is 2. The van der Waals surface area contributed by atoms with E-state index in [1.807, 2.05) is 97.1 Å². The molecule has 4 aromatic rings. The van der Waals surface area contributed by atoms with E-state index in [4.69, 9.17) is 19.6 Å². The van der Waals surface area contributed by atoms with Crippen LogP contribution in [0.1, 0.15) is 61.8 Å². The number of hydrogen-bond acceptors (Lipinski definition) is 6. The van der Waals surface area contributed by atoms with Crippen molar-refractivity contribution in [2.45, 2.75) is 50.7 Å². The number of carbonyl (C=O) groups is 1. The van der Waals surface area contributed by atoms with Crippen LogP contribution in [0.25, 0.3) is 17.2 Å². The molecular weight excluding hydrogens is 574 g/mol. The Labute approximate surface area is 272 Å². The number of rotatable bonds is 16. The highest BCUT2D eigenvalue weighted by atomic mass is 16.5. The lowest BCUT2D eigenvalue weighted by atomic mass is 9.84. The van der Waals surface area contributed by atoms with Crippen LogP contribution >= 0.6 is 0 Å². The third-order valence-corrected chi connectivity index (χ3v) is 8.00. The van der Waals surface area contributed by atoms with Crippen molar-refractivity contribution in [3.63, 3.8) is 0 Å². The van der Waals surface area contributed by atoms with E-state index in [1.165, 1.54) is 0 Å². The van der Waals surface area contributed by atoms with Crippen molar-refractivity contribution in [3.8, 4) is 16.9 Å². The molecular formula is C39H43N3O4. The van der Waals surface area contributed by atoms with Crippen molar-refractivity contribution in [3.05, 3.63) is 132 Å². The van der Waals surface area contributed by atoms with E-state index >= 15 is 0 Å². The highest BCUT2D eigenvalue weighted by molar-refractivity contribution is 6.01. The van der Waals surface area contributed by atoms with E-state index in [2.05, 4.69) is 42.0 Å². The van der Waals surface area contributed by atoms with Gasteiger partial charge in [-0.3, -0.25) is 10.2 Å². The summed E-state index contributed by atoms with van der Waals surface area (Å²) in [6, 6.07) is 35.9. The highest BCUT2D eigenvalue weighted by Gasteiger charge is 2.52. The van der Waals surface area contributed by atoms with Gasteiger partial charge in [0.25, 0.3) is 5.91 Å². The second-order valence-electron chi connectivity index (χ2n) is 11.4. The quantitative estimate of drug-likeness (QED) is 0.0908. The number of unbranched alkanes of at least 4 members (excludes halogenated alkanes) is 2. The van der Waals surface area contributed by atoms with Gasteiger partial charge in [-0.05, 0) is 52.9 Å². The van der Waals surface area contributed by atoms with Crippen molar-refractivity contribution in [1.29, 1.82) is 0 Å². The second kappa shape index (κ2) is 16.5. The van der Waals surface area contributed by atoms with Gasteiger partial charge < -0.3 is 14.6 Å². The van der Waals surface area contributed by atoms with Gasteiger partial charge in [-0.1, -0.05) is 117 Å². The zero-order valence-corrected chi connectivity index (χ0v) is 26.4. The van der Waals surface area contributed by atoms with Crippen molar-refractivity contribution in [2.24, 2.45) is 4.99 Å². The minimum Gasteiger partial charge on any atom is -0.494 e. The molecule has 4 aromatic carbocycles. The number of amides is 1. The number of hydrazine groups is 1. The predicted octanol–water partition coefficient (Wildman–Crippen LogP) is 7.29. The third kappa shape index (κ3) is 8.30. The maximum absolute atomic E-state index is 14.3. The van der Waals surface area contributed by atoms with Crippen LogP contribution in [-0.4, -0.2) is 42.2 Å². The summed E-state index contributed by atoms with van der Waals surface area (Å²) in [7, 11) is 0. The number of nitrogens with zero attached hydrogens (tertiary/aromatic N) is 1. The Morgan fingerprint density at radius 1 is 0.870 bits per heavy atom. The average molecular weight is 618 g/mol. The molecule has 0 aromatic heterocycles. The summed E-state index contributed by atoms with van der Waals surface area (Å²) in [5, 5.41) is 9.08. The fourth-order valence-electron chi connectivity index (χ4n) is 5.45. The first kappa shape index (κ1) is 32.7. The largest absolute Gasteiger partial charge is 0.494 e. The van der Waals surface area contributed by atoms with Gasteiger partial charge in [0, 0.05) is 31.6 Å². The fourth-order valence-corrected chi connectivity index (χ4v) is 5.45. The van der Waals surface area contributed by atoms with E-state index in [-0.39, 0.29) is 12.5 Å². The summed E-state index contributed by atoms with van der Waals surface area (Å²) in [6.07, 6.45) is 7.36. The lowest BCUT2D eigenvalue weighted by Crippen LogP contribution is -2.52. The Bertz CT molecular complexity index is 1570. The Kier molecular flexibility index (Phi) is 11.8. The van der Waals surface area contributed by atoms with E-state index in [1.54, 1.807) is 0 Å². The van der Waals surface area contributed by atoms with E-state index < -0.39 is 11.6 Å². The molecule has 0 spiro atoms. The van der Waals surface area contributed by atoms with Crippen molar-refractivity contribution >= 4 is 17.9 Å². The van der Waals surface area contributed by atoms with Crippen LogP contribution in [0.15, 0.2) is 120 Å². The lowest BCUT2D eigenvalue weighted by molar-refractivity contribution is -0.129. The normalized spacial score (nSPS) is 17.4. The smallest absolute Gasteiger partial charge is 0.266 e. The van der Waals surface area contributed by atoms with Crippen LogP contribution in [0.3, 0.4) is 0 Å². The number of nitrogens with one attached hydrogen (secondary N) is 2. The van der Waals surface area contributed by atoms with Gasteiger partial charge in [0.2, 0.25) is 5.90 Å². The molecule has 1 aliphatic rings. The van der Waals surface area contributed by atoms with Gasteiger partial charge in [0.1, 0.15) is 5.75 Å². The van der Waals surface area contributed by atoms with Crippen LogP contribution in [-0.2, 0) is 9.53 Å². The van der Waals surface area contributed by atoms with Gasteiger partial charge in [-0.15, -0.1) is 0 Å². The SMILES string of the molecule is CCCCCNNC(=O)[C@@]1(C/C=C/c2ccccc2)N=C(c2ccc(OCCCO)cc2)O[C@H]1c1ccc(-c2ccccc2)cc1. The molecule has 7 heteroatoms. The lowest BCUT2D eigenvalue weighted by Gasteiger charge is -2.30. The molecule has 0 saturated carbocycles. The number of carbonyl (C=O) groups excluding carboxylic acids is 1. The first-order chi connectivity index (χ1) is 22.6. The first-order valence-corrected chi connectivity index (χ1v) is 16.1. The van der Waals surface area contributed by atoms with Gasteiger partial charge in [0.15, 0.2) is 11.6 Å². The Hall–Kier alpha value is -4.72. The molecule has 7 nitrogen and oxygen atoms in total. The molecule has 2 atom stereocenters. The Morgan fingerprint density at radius 2 is 1.54 bits per heavy atom. The Morgan fingerprint density at radius 3 is 2.24 bits per heavy atom. The minimum absolute atomic E-state index is 0.0762. The molecule has 1 heterocycles. The van der Waals surface area contributed by atoms with Crippen LogP contribution in [0.4, 0.5) is 0 Å². The van der Waals surface area contributed by atoms with Gasteiger partial charge in [-0.25, -0.2) is 10.4 Å². The summed E-state index contributed by atoms with van der Waals surface area (Å²) in [5.74, 6) is 0.834. The molecule has 0 fully saturated rings. The fraction of sp³-hybridized carbons (Fsp3) is 0.282. The molecule has 0 bridgehead atoms. The highest BCUT2D eigenvalue weighted by Crippen LogP contribution is 2.43. The van der Waals surface area contributed by atoms with E-state index in [0.717, 1.165) is 47.1 Å². The van der Waals surface area contributed by atoms with Crippen LogP contribution in [0, 0.1) is 0 Å². The van der Waals surface area contributed by atoms with Crippen molar-refractivity contribution in [1.82, 2.24) is 10.9 Å². The first-order valence-electron chi connectivity index (χ1n) is 16.1. The van der Waals surface area contributed by atoms with Crippen LogP contribution in [0.5, 0.6) is 5.75 Å². The molecule has 0 aliphatic carbocycles. The number of aliphatic imine (C=N–C) groups is 1. The maximum atomic E-state index is 14.3. The summed E-state index contributed by atoms with van der Waals surface area (Å²) in [6.45, 7) is 3.32. The third-order valence-electron chi connectivity index (χ3n) is 8.00. The minimum atomic E-state index is -1.27. The Balaban J connectivity index is 1.50. The number of aliphatic hydroxyl groups is 1. The summed E-state index contributed by atoms with van der Waals surface area (Å²) < 4.78 is 12.4. The zero-order valence-electron chi connectivity index (χ0n) is 26.4. The molecule has 0 saturated heterocycles. The molecule has 0 unspecified atom stereocenters. The predicted molar refractivity (Wildman–Crippen MR) is 184 cm³/mol. The summed E-state index contributed by atoms with van der Waals surface area (Å²) in [4.78, 5) is 19.4. The topological polar surface area (TPSA) is 92.2 Å². The molecule has 46 heavy (non-hydrogen) atoms. The maximum Gasteiger partial charge on any atom is 0.266 e. The van der Waals surface area contributed by atoms with Gasteiger partial charge >= 0.3 is 0 Å². The zero-order chi connectivity index (χ0) is 32.0. The van der Waals surface area contributed by atoms with Crippen LogP contribution < -0.4 is 15.6 Å². The molecule has 5 rings (SSSR count). The van der Waals surface area contributed by atoms with Crippen LogP contribution in [0.2, 0.25) is 0 Å². The van der Waals surface area contributed by atoms with E-state index in [0.29, 0.717) is 37.6 Å². The van der Waals surface area contributed by atoms with Gasteiger partial charge in [-0.2, -0.15) is 0 Å². The van der Waals surface area contributed by atoms with Crippen molar-refractivity contribution in [2.75, 3.05) is 19.8 Å². The molecule has 238 valence electrons. The van der Waals surface area contributed by atoms with Crippen molar-refractivity contribution < 1.29 is 19.4 Å². The number of benzene rings is 4. The average Bonchev–Trinajstić information content (AvgIpc) is 3.50. The van der Waals surface area contributed by atoms with E-state index in [9.17, 15) is 4.79 Å². The number of aliphatic hydroxyl groups excluding tert-OH is 1. The standard InChI is InChI=1S/C39H43N3O4/c1-2-3-10-27-40-42-38(44)39(26-11-15-30-13-6-4-7-14-30)36(33-20-18-32(19-21-33)31-16-8-5-9-17-31)46-37(41-39)34-22-24-35(25-23-34)45-29-12-28-43/h4-9,11,13-25,36,40,43H,2-3,10,12,26-29H2,1H3,(H,42,44)/b15-11+/t36-,39-/m0/s1. The number of hydrogen-bond donors (Lipinski definition) is 3. The molecule has 0 radical (unpaired) electrons. The molecule has 1 amide bonds. The monoisotopic (exact) mass is 617 g/mol.